The van der Waals surface area contributed by atoms with Crippen LogP contribution in [0.15, 0.2) is 39.6 Å². The van der Waals surface area contributed by atoms with Gasteiger partial charge in [0, 0.05) is 60.9 Å². The molecule has 3 amide bonds. The van der Waals surface area contributed by atoms with Crippen LogP contribution >= 0.6 is 0 Å². The highest BCUT2D eigenvalue weighted by Gasteiger charge is 2.36. The van der Waals surface area contributed by atoms with Crippen LogP contribution in [-0.4, -0.2) is 60.4 Å². The molecule has 0 radical (unpaired) electrons. The molecule has 0 aliphatic carbocycles. The first-order valence-electron chi connectivity index (χ1n) is 12.9. The highest BCUT2D eigenvalue weighted by Crippen LogP contribution is 2.45. The second kappa shape index (κ2) is 10.8. The number of fused-ring (bicyclic) bond motifs is 2. The van der Waals surface area contributed by atoms with Crippen molar-refractivity contribution in [1.82, 2.24) is 10.2 Å². The Morgan fingerprint density at radius 2 is 1.82 bits per heavy atom. The van der Waals surface area contributed by atoms with E-state index in [-0.39, 0.29) is 60.9 Å². The van der Waals surface area contributed by atoms with Crippen LogP contribution in [0, 0.1) is 0 Å². The second-order valence-electron chi connectivity index (χ2n) is 10.3. The highest BCUT2D eigenvalue weighted by molar-refractivity contribution is 6.12. The number of carbonyl (C=O) groups excluding carboxylic acids is 4. The number of imide groups is 1. The number of ether oxygens (including phenoxy) is 1. The Morgan fingerprint density at radius 1 is 1.11 bits per heavy atom. The maximum atomic E-state index is 12.5. The van der Waals surface area contributed by atoms with E-state index < -0.39 is 11.6 Å². The molecule has 0 unspecified atom stereocenters. The number of carbonyl (C=O) groups is 4. The lowest BCUT2D eigenvalue weighted by atomic mass is 9.79. The molecule has 1 atom stereocenters. The Balaban J connectivity index is 1.46. The van der Waals surface area contributed by atoms with Crippen LogP contribution in [0.4, 0.5) is 5.69 Å². The van der Waals surface area contributed by atoms with Gasteiger partial charge in [-0.15, -0.1) is 0 Å². The molecule has 1 N–H and O–H groups in total. The molecule has 2 aliphatic heterocycles. The quantitative estimate of drug-likeness (QED) is 0.302. The molecule has 4 rings (SSSR count). The van der Waals surface area contributed by atoms with Crippen LogP contribution in [0.25, 0.3) is 11.0 Å². The molecule has 202 valence electrons. The topological polar surface area (TPSA) is 126 Å². The van der Waals surface area contributed by atoms with Gasteiger partial charge in [0.1, 0.15) is 11.1 Å². The molecule has 10 nitrogen and oxygen atoms in total. The van der Waals surface area contributed by atoms with Crippen molar-refractivity contribution in [3.63, 3.8) is 0 Å². The van der Waals surface area contributed by atoms with Gasteiger partial charge in [0.25, 0.3) is 11.8 Å². The van der Waals surface area contributed by atoms with Crippen molar-refractivity contribution in [3.8, 4) is 0 Å². The Hall–Kier alpha value is -3.95. The zero-order valence-corrected chi connectivity index (χ0v) is 22.2. The zero-order valence-electron chi connectivity index (χ0n) is 22.2. The summed E-state index contributed by atoms with van der Waals surface area (Å²) in [5, 5.41) is 3.43. The summed E-state index contributed by atoms with van der Waals surface area (Å²) < 4.78 is 10.5. The molecule has 0 fully saturated rings. The minimum atomic E-state index is -0.740. The van der Waals surface area contributed by atoms with Crippen LogP contribution in [0.1, 0.15) is 68.8 Å². The van der Waals surface area contributed by atoms with Crippen molar-refractivity contribution in [2.45, 2.75) is 58.4 Å². The van der Waals surface area contributed by atoms with Crippen molar-refractivity contribution >= 4 is 40.3 Å². The van der Waals surface area contributed by atoms with Crippen molar-refractivity contribution in [3.05, 3.63) is 51.9 Å². The summed E-state index contributed by atoms with van der Waals surface area (Å²) in [7, 11) is 0. The van der Waals surface area contributed by atoms with E-state index >= 15 is 0 Å². The number of rotatable bonds is 9. The average molecular weight is 524 g/mol. The predicted molar refractivity (Wildman–Crippen MR) is 141 cm³/mol. The van der Waals surface area contributed by atoms with Crippen LogP contribution in [0.3, 0.4) is 0 Å². The minimum Gasteiger partial charge on any atom is -0.462 e. The molecule has 38 heavy (non-hydrogen) atoms. The third-order valence-corrected chi connectivity index (χ3v) is 7.08. The first kappa shape index (κ1) is 27.1. The fourth-order valence-electron chi connectivity index (χ4n) is 5.32. The monoisotopic (exact) mass is 523 g/mol. The smallest absolute Gasteiger partial charge is 0.351 e. The van der Waals surface area contributed by atoms with Crippen molar-refractivity contribution in [2.24, 2.45) is 0 Å². The fourth-order valence-corrected chi connectivity index (χ4v) is 5.32. The van der Waals surface area contributed by atoms with Gasteiger partial charge in [-0.05, 0) is 57.2 Å². The van der Waals surface area contributed by atoms with Gasteiger partial charge in [-0.1, -0.05) is 6.92 Å². The summed E-state index contributed by atoms with van der Waals surface area (Å²) in [6.45, 7) is 9.22. The summed E-state index contributed by atoms with van der Waals surface area (Å²) in [5.74, 6) is -1.37. The SMILES string of the molecule is CCOC(=O)c1cc2cc3c(cc2oc1=O)N(CCCC(=O)NCCN1C(=O)C=CC1=O)C(C)(C)C[C@@H]3C. The van der Waals surface area contributed by atoms with Gasteiger partial charge in [-0.3, -0.25) is 19.3 Å². The van der Waals surface area contributed by atoms with E-state index in [1.54, 1.807) is 6.92 Å². The van der Waals surface area contributed by atoms with Crippen molar-refractivity contribution in [1.29, 1.82) is 0 Å². The number of hydrogen-bond acceptors (Lipinski definition) is 8. The van der Waals surface area contributed by atoms with E-state index in [1.165, 1.54) is 18.2 Å². The number of anilines is 1. The number of nitrogens with one attached hydrogen (secondary N) is 1. The lowest BCUT2D eigenvalue weighted by molar-refractivity contribution is -0.137. The Labute approximate surface area is 220 Å². The molecule has 2 aromatic rings. The standard InChI is InChI=1S/C28H33N3O7/c1-5-37-26(35)20-14-18-13-19-17(2)16-28(3,4)31(21(19)15-22(18)38-27(20)36)11-6-7-23(32)29-10-12-30-24(33)8-9-25(30)34/h8-9,13-15,17H,5-7,10-12,16H2,1-4H3,(H,29,32)/t17-/m0/s1. The second-order valence-corrected chi connectivity index (χ2v) is 10.3. The van der Waals surface area contributed by atoms with Crippen LogP contribution in [0.5, 0.6) is 0 Å². The minimum absolute atomic E-state index is 0.124. The maximum absolute atomic E-state index is 12.5. The van der Waals surface area contributed by atoms with Gasteiger partial charge in [-0.25, -0.2) is 9.59 Å². The number of amides is 3. The summed E-state index contributed by atoms with van der Waals surface area (Å²) in [5.41, 5.74) is 1.34. The normalized spacial score (nSPS) is 18.2. The number of nitrogens with zero attached hydrogens (tertiary/aromatic N) is 2. The number of esters is 1. The summed E-state index contributed by atoms with van der Waals surface area (Å²) in [6.07, 6.45) is 4.18. The van der Waals surface area contributed by atoms with Crippen molar-refractivity contribution in [2.75, 3.05) is 31.1 Å². The van der Waals surface area contributed by atoms with Crippen LogP contribution < -0.4 is 15.8 Å². The van der Waals surface area contributed by atoms with Gasteiger partial charge in [0.2, 0.25) is 5.91 Å². The number of hydrogen-bond donors (Lipinski definition) is 1. The van der Waals surface area contributed by atoms with Gasteiger partial charge < -0.3 is 19.4 Å². The Bertz CT molecular complexity index is 1360. The summed E-state index contributed by atoms with van der Waals surface area (Å²) in [6, 6.07) is 5.34. The van der Waals surface area contributed by atoms with E-state index in [9.17, 15) is 24.0 Å². The molecule has 0 saturated carbocycles. The zero-order chi connectivity index (χ0) is 27.6. The van der Waals surface area contributed by atoms with Gasteiger partial charge in [0.15, 0.2) is 0 Å². The molecule has 10 heteroatoms. The fraction of sp³-hybridized carbons (Fsp3) is 0.464. The molecule has 1 aromatic heterocycles. The molecular weight excluding hydrogens is 490 g/mol. The Kier molecular flexibility index (Phi) is 7.71. The van der Waals surface area contributed by atoms with E-state index in [0.717, 1.165) is 22.6 Å². The first-order chi connectivity index (χ1) is 18.0. The lowest BCUT2D eigenvalue weighted by Crippen LogP contribution is -2.49. The third kappa shape index (κ3) is 5.49. The van der Waals surface area contributed by atoms with E-state index in [2.05, 4.69) is 31.0 Å². The van der Waals surface area contributed by atoms with E-state index in [4.69, 9.17) is 9.15 Å². The van der Waals surface area contributed by atoms with Crippen LogP contribution in [-0.2, 0) is 19.1 Å². The van der Waals surface area contributed by atoms with E-state index in [0.29, 0.717) is 23.9 Å². The number of benzene rings is 1. The van der Waals surface area contributed by atoms with Gasteiger partial charge in [0.05, 0.1) is 6.61 Å². The maximum Gasteiger partial charge on any atom is 0.351 e. The molecule has 0 bridgehead atoms. The van der Waals surface area contributed by atoms with Gasteiger partial charge >= 0.3 is 11.6 Å². The predicted octanol–water partition coefficient (Wildman–Crippen LogP) is 2.88. The summed E-state index contributed by atoms with van der Waals surface area (Å²) >= 11 is 0. The largest absolute Gasteiger partial charge is 0.462 e. The lowest BCUT2D eigenvalue weighted by Gasteiger charge is -2.47. The molecule has 2 aliphatic rings. The van der Waals surface area contributed by atoms with Crippen LogP contribution in [0.2, 0.25) is 0 Å². The van der Waals surface area contributed by atoms with Crippen molar-refractivity contribution < 1.29 is 28.3 Å². The molecule has 0 spiro atoms. The average Bonchev–Trinajstić information content (AvgIpc) is 3.16. The highest BCUT2D eigenvalue weighted by atomic mass is 16.5. The molecule has 1 aromatic carbocycles. The van der Waals surface area contributed by atoms with Gasteiger partial charge in [-0.2, -0.15) is 0 Å². The first-order valence-corrected chi connectivity index (χ1v) is 12.9. The summed E-state index contributed by atoms with van der Waals surface area (Å²) in [4.78, 5) is 63.6. The Morgan fingerprint density at radius 3 is 2.50 bits per heavy atom. The van der Waals surface area contributed by atoms with E-state index in [1.807, 2.05) is 12.1 Å². The molecular formula is C28H33N3O7. The third-order valence-electron chi connectivity index (χ3n) is 7.08. The molecule has 0 saturated heterocycles. The molecule has 3 heterocycles.